The Labute approximate surface area is 119 Å². The molecule has 0 saturated heterocycles. The Balaban J connectivity index is 2.29. The Hall–Kier alpha value is -2.48. The first-order valence-electron chi connectivity index (χ1n) is 5.79. The summed E-state index contributed by atoms with van der Waals surface area (Å²) in [6.07, 6.45) is 1.53. The van der Waals surface area contributed by atoms with Gasteiger partial charge in [0, 0.05) is 17.1 Å². The molecule has 0 atom stereocenters. The van der Waals surface area contributed by atoms with Crippen molar-refractivity contribution in [1.29, 1.82) is 0 Å². The lowest BCUT2D eigenvalue weighted by atomic mass is 10.2. The molecule has 8 heteroatoms. The van der Waals surface area contributed by atoms with Gasteiger partial charge in [0.25, 0.3) is 0 Å². The van der Waals surface area contributed by atoms with Crippen molar-refractivity contribution in [3.63, 3.8) is 0 Å². The molecule has 2 rings (SSSR count). The van der Waals surface area contributed by atoms with Crippen molar-refractivity contribution in [1.82, 2.24) is 9.97 Å². The zero-order chi connectivity index (χ0) is 14.5. The van der Waals surface area contributed by atoms with Gasteiger partial charge in [-0.25, -0.2) is 14.8 Å². The number of hydrogen-bond donors (Lipinski definition) is 2. The minimum Gasteiger partial charge on any atom is -0.461 e. The van der Waals surface area contributed by atoms with Gasteiger partial charge in [0.05, 0.1) is 12.3 Å². The summed E-state index contributed by atoms with van der Waals surface area (Å²) in [5.41, 5.74) is 12.2. The van der Waals surface area contributed by atoms with E-state index in [0.29, 0.717) is 17.4 Å². The van der Waals surface area contributed by atoms with Crippen LogP contribution in [-0.2, 0) is 4.74 Å². The van der Waals surface area contributed by atoms with Crippen molar-refractivity contribution < 1.29 is 9.53 Å². The number of aromatic nitrogens is 2. The van der Waals surface area contributed by atoms with Crippen LogP contribution in [0.2, 0.25) is 0 Å². The number of nitrogens with zero attached hydrogens (tertiary/aromatic N) is 3. The van der Waals surface area contributed by atoms with E-state index in [0.717, 1.165) is 5.56 Å². The van der Waals surface area contributed by atoms with Crippen molar-refractivity contribution in [3.05, 3.63) is 29.4 Å². The largest absolute Gasteiger partial charge is 0.461 e. The van der Waals surface area contributed by atoms with E-state index >= 15 is 0 Å². The number of carbonyl (C=O) groups excluding carboxylic acids is 1. The van der Waals surface area contributed by atoms with Gasteiger partial charge in [-0.15, -0.1) is 11.3 Å². The Morgan fingerprint density at radius 2 is 2.30 bits per heavy atom. The Kier molecular flexibility index (Phi) is 4.26. The van der Waals surface area contributed by atoms with E-state index in [1.807, 2.05) is 0 Å². The Bertz CT molecular complexity index is 649. The number of carbonyl (C=O) groups is 1. The van der Waals surface area contributed by atoms with Crippen molar-refractivity contribution in [2.75, 3.05) is 6.61 Å². The lowest BCUT2D eigenvalue weighted by Crippen LogP contribution is -2.21. The first-order chi connectivity index (χ1) is 9.60. The van der Waals surface area contributed by atoms with E-state index in [1.165, 1.54) is 17.5 Å². The second-order valence-electron chi connectivity index (χ2n) is 3.70. The van der Waals surface area contributed by atoms with Gasteiger partial charge in [-0.05, 0) is 19.1 Å². The predicted octanol–water partition coefficient (Wildman–Crippen LogP) is 1.29. The first kappa shape index (κ1) is 13.9. The van der Waals surface area contributed by atoms with Crippen molar-refractivity contribution in [2.45, 2.75) is 6.92 Å². The topological polar surface area (TPSA) is 116 Å². The molecule has 2 heterocycles. The van der Waals surface area contributed by atoms with Crippen LogP contribution in [-0.4, -0.2) is 28.5 Å². The molecule has 104 valence electrons. The number of aliphatic imine (C=N–C) groups is 1. The van der Waals surface area contributed by atoms with Gasteiger partial charge in [-0.1, -0.05) is 0 Å². The normalized spacial score (nSPS) is 10.1. The number of guanidine groups is 1. The molecular weight excluding hydrogens is 278 g/mol. The molecule has 0 saturated carbocycles. The number of esters is 1. The standard InChI is InChI=1S/C12H13N5O2S/c1-2-19-10(18)8-5-7(3-4-15-8)9-6-20-12(16-9)17-11(13)14/h3-6H,2H2,1H3,(H4,13,14,16,17). The molecule has 0 fully saturated rings. The molecular formula is C12H13N5O2S. The molecule has 0 amide bonds. The van der Waals surface area contributed by atoms with Crippen LogP contribution in [0.3, 0.4) is 0 Å². The smallest absolute Gasteiger partial charge is 0.356 e. The number of hydrogen-bond acceptors (Lipinski definition) is 6. The molecule has 0 radical (unpaired) electrons. The SMILES string of the molecule is CCOC(=O)c1cc(-c2csc(N=C(N)N)n2)ccn1. The highest BCUT2D eigenvalue weighted by molar-refractivity contribution is 7.13. The maximum Gasteiger partial charge on any atom is 0.356 e. The van der Waals surface area contributed by atoms with Crippen LogP contribution in [0.25, 0.3) is 11.3 Å². The average molecular weight is 291 g/mol. The minimum absolute atomic E-state index is 0.0483. The monoisotopic (exact) mass is 291 g/mol. The lowest BCUT2D eigenvalue weighted by molar-refractivity contribution is 0.0519. The van der Waals surface area contributed by atoms with Crippen molar-refractivity contribution in [2.24, 2.45) is 16.5 Å². The van der Waals surface area contributed by atoms with E-state index < -0.39 is 5.97 Å². The third-order valence-corrected chi connectivity index (χ3v) is 2.99. The molecule has 0 aliphatic heterocycles. The molecule has 0 bridgehead atoms. The molecule has 0 aliphatic rings. The summed E-state index contributed by atoms with van der Waals surface area (Å²) >= 11 is 1.30. The third-order valence-electron chi connectivity index (χ3n) is 2.26. The molecule has 2 aromatic heterocycles. The van der Waals surface area contributed by atoms with E-state index in [2.05, 4.69) is 15.0 Å². The number of rotatable bonds is 4. The number of thiazole rings is 1. The van der Waals surface area contributed by atoms with Crippen LogP contribution >= 0.6 is 11.3 Å². The highest BCUT2D eigenvalue weighted by atomic mass is 32.1. The van der Waals surface area contributed by atoms with Gasteiger partial charge >= 0.3 is 5.97 Å². The van der Waals surface area contributed by atoms with Crippen molar-refractivity contribution >= 4 is 28.4 Å². The fraction of sp³-hybridized carbons (Fsp3) is 0.167. The van der Waals surface area contributed by atoms with E-state index in [-0.39, 0.29) is 11.7 Å². The Morgan fingerprint density at radius 3 is 3.00 bits per heavy atom. The first-order valence-corrected chi connectivity index (χ1v) is 6.67. The molecule has 0 aromatic carbocycles. The molecule has 7 nitrogen and oxygen atoms in total. The van der Waals surface area contributed by atoms with Crippen LogP contribution in [0.1, 0.15) is 17.4 Å². The quantitative estimate of drug-likeness (QED) is 0.498. The minimum atomic E-state index is -0.464. The molecule has 0 spiro atoms. The summed E-state index contributed by atoms with van der Waals surface area (Å²) in [7, 11) is 0. The maximum absolute atomic E-state index is 11.6. The predicted molar refractivity (Wildman–Crippen MR) is 76.8 cm³/mol. The third kappa shape index (κ3) is 3.29. The van der Waals surface area contributed by atoms with Crippen LogP contribution < -0.4 is 11.5 Å². The number of nitrogens with two attached hydrogens (primary N) is 2. The second kappa shape index (κ2) is 6.11. The van der Waals surface area contributed by atoms with Crippen LogP contribution in [0, 0.1) is 0 Å². The fourth-order valence-corrected chi connectivity index (χ4v) is 2.18. The molecule has 4 N–H and O–H groups in total. The number of ether oxygens (including phenoxy) is 1. The summed E-state index contributed by atoms with van der Waals surface area (Å²) in [5, 5.41) is 2.25. The Morgan fingerprint density at radius 1 is 1.50 bits per heavy atom. The second-order valence-corrected chi connectivity index (χ2v) is 4.54. The van der Waals surface area contributed by atoms with Crippen LogP contribution in [0.5, 0.6) is 0 Å². The van der Waals surface area contributed by atoms with Gasteiger partial charge < -0.3 is 16.2 Å². The summed E-state index contributed by atoms with van der Waals surface area (Å²) < 4.78 is 4.90. The summed E-state index contributed by atoms with van der Waals surface area (Å²) in [5.74, 6) is -0.512. The lowest BCUT2D eigenvalue weighted by Gasteiger charge is -2.02. The summed E-state index contributed by atoms with van der Waals surface area (Å²) in [4.78, 5) is 23.7. The zero-order valence-corrected chi connectivity index (χ0v) is 11.6. The number of pyridine rings is 1. The zero-order valence-electron chi connectivity index (χ0n) is 10.7. The van der Waals surface area contributed by atoms with Crippen molar-refractivity contribution in [3.8, 4) is 11.3 Å². The van der Waals surface area contributed by atoms with E-state index in [9.17, 15) is 4.79 Å². The molecule has 2 aromatic rings. The molecule has 0 aliphatic carbocycles. The summed E-state index contributed by atoms with van der Waals surface area (Å²) in [6.45, 7) is 2.04. The van der Waals surface area contributed by atoms with Gasteiger partial charge in [0.2, 0.25) is 5.13 Å². The highest BCUT2D eigenvalue weighted by Gasteiger charge is 2.11. The van der Waals surface area contributed by atoms with Gasteiger partial charge in [0.1, 0.15) is 5.69 Å². The molecule has 0 unspecified atom stereocenters. The summed E-state index contributed by atoms with van der Waals surface area (Å²) in [6, 6.07) is 3.36. The highest BCUT2D eigenvalue weighted by Crippen LogP contribution is 2.26. The van der Waals surface area contributed by atoms with E-state index in [1.54, 1.807) is 24.4 Å². The van der Waals surface area contributed by atoms with Crippen LogP contribution in [0.4, 0.5) is 5.13 Å². The average Bonchev–Trinajstić information content (AvgIpc) is 2.87. The van der Waals surface area contributed by atoms with Gasteiger partial charge in [-0.2, -0.15) is 4.99 Å². The molecule has 20 heavy (non-hydrogen) atoms. The van der Waals surface area contributed by atoms with Crippen LogP contribution in [0.15, 0.2) is 28.7 Å². The fourth-order valence-electron chi connectivity index (χ4n) is 1.47. The van der Waals surface area contributed by atoms with Gasteiger partial charge in [0.15, 0.2) is 5.96 Å². The maximum atomic E-state index is 11.6. The van der Waals surface area contributed by atoms with Gasteiger partial charge in [-0.3, -0.25) is 0 Å². The van der Waals surface area contributed by atoms with E-state index in [4.69, 9.17) is 16.2 Å².